The van der Waals surface area contributed by atoms with E-state index in [-0.39, 0.29) is 11.8 Å². The summed E-state index contributed by atoms with van der Waals surface area (Å²) >= 11 is 6.20. The molecule has 6 heteroatoms. The maximum atomic E-state index is 13.3. The van der Waals surface area contributed by atoms with E-state index in [0.29, 0.717) is 25.4 Å². The minimum atomic E-state index is -0.554. The molecular formula is C25H30ClN3O2. The van der Waals surface area contributed by atoms with Crippen LogP contribution in [-0.2, 0) is 9.59 Å². The van der Waals surface area contributed by atoms with Crippen molar-refractivity contribution in [2.75, 3.05) is 31.1 Å². The average molecular weight is 440 g/mol. The molecule has 2 atom stereocenters. The lowest BCUT2D eigenvalue weighted by Gasteiger charge is -2.34. The number of benzene rings is 2. The SMILES string of the molecule is Cc1ccc(Cl)cc1N1CCC(CNC(=O)C(c2ccccc2)N2CCCCC2=O)C1. The molecule has 1 N–H and O–H groups in total. The van der Waals surface area contributed by atoms with Gasteiger partial charge in [0, 0.05) is 43.3 Å². The van der Waals surface area contributed by atoms with E-state index in [9.17, 15) is 9.59 Å². The van der Waals surface area contributed by atoms with E-state index in [1.165, 1.54) is 11.3 Å². The van der Waals surface area contributed by atoms with Gasteiger partial charge in [-0.15, -0.1) is 0 Å². The number of hydrogen-bond acceptors (Lipinski definition) is 3. The maximum Gasteiger partial charge on any atom is 0.247 e. The van der Waals surface area contributed by atoms with Crippen LogP contribution in [0.25, 0.3) is 0 Å². The largest absolute Gasteiger partial charge is 0.371 e. The van der Waals surface area contributed by atoms with Gasteiger partial charge in [0.2, 0.25) is 11.8 Å². The third-order valence-corrected chi connectivity index (χ3v) is 6.63. The van der Waals surface area contributed by atoms with Crippen LogP contribution in [0.2, 0.25) is 5.02 Å². The number of amides is 2. The number of aryl methyl sites for hydroxylation is 1. The van der Waals surface area contributed by atoms with Crippen molar-refractivity contribution in [2.45, 2.75) is 38.6 Å². The van der Waals surface area contributed by atoms with E-state index in [1.807, 2.05) is 48.5 Å². The van der Waals surface area contributed by atoms with E-state index in [1.54, 1.807) is 4.90 Å². The average Bonchev–Trinajstić information content (AvgIpc) is 3.25. The van der Waals surface area contributed by atoms with Gasteiger partial charge in [-0.2, -0.15) is 0 Å². The van der Waals surface area contributed by atoms with Gasteiger partial charge in [-0.3, -0.25) is 9.59 Å². The van der Waals surface area contributed by atoms with Gasteiger partial charge >= 0.3 is 0 Å². The van der Waals surface area contributed by atoms with Gasteiger partial charge in [0.15, 0.2) is 0 Å². The molecule has 2 amide bonds. The summed E-state index contributed by atoms with van der Waals surface area (Å²) in [5.41, 5.74) is 3.25. The molecule has 2 aliphatic rings. The summed E-state index contributed by atoms with van der Waals surface area (Å²) in [6.07, 6.45) is 3.39. The number of carbonyl (C=O) groups is 2. The summed E-state index contributed by atoms with van der Waals surface area (Å²) in [4.78, 5) is 29.9. The van der Waals surface area contributed by atoms with Crippen LogP contribution in [0.15, 0.2) is 48.5 Å². The molecule has 31 heavy (non-hydrogen) atoms. The molecule has 2 unspecified atom stereocenters. The van der Waals surface area contributed by atoms with Gasteiger partial charge in [-0.25, -0.2) is 0 Å². The Kier molecular flexibility index (Phi) is 6.81. The predicted molar refractivity (Wildman–Crippen MR) is 124 cm³/mol. The summed E-state index contributed by atoms with van der Waals surface area (Å²) in [5, 5.41) is 3.90. The zero-order valence-electron chi connectivity index (χ0n) is 18.0. The Hall–Kier alpha value is -2.53. The Balaban J connectivity index is 1.41. The van der Waals surface area contributed by atoms with Crippen molar-refractivity contribution in [1.82, 2.24) is 10.2 Å². The van der Waals surface area contributed by atoms with Gasteiger partial charge < -0.3 is 15.1 Å². The monoisotopic (exact) mass is 439 g/mol. The van der Waals surface area contributed by atoms with Crippen molar-refractivity contribution in [3.63, 3.8) is 0 Å². The maximum absolute atomic E-state index is 13.3. The number of anilines is 1. The zero-order chi connectivity index (χ0) is 21.8. The van der Waals surface area contributed by atoms with Gasteiger partial charge in [-0.05, 0) is 55.4 Å². The van der Waals surface area contributed by atoms with Gasteiger partial charge in [-0.1, -0.05) is 48.0 Å². The van der Waals surface area contributed by atoms with Crippen molar-refractivity contribution in [3.05, 3.63) is 64.7 Å². The van der Waals surface area contributed by atoms with Crippen LogP contribution in [0.1, 0.15) is 42.9 Å². The summed E-state index contributed by atoms with van der Waals surface area (Å²) < 4.78 is 0. The van der Waals surface area contributed by atoms with E-state index < -0.39 is 6.04 Å². The van der Waals surface area contributed by atoms with Crippen LogP contribution >= 0.6 is 11.6 Å². The van der Waals surface area contributed by atoms with E-state index in [4.69, 9.17) is 11.6 Å². The molecule has 0 aliphatic carbocycles. The van der Waals surface area contributed by atoms with Crippen LogP contribution in [0.4, 0.5) is 5.69 Å². The molecule has 0 bridgehead atoms. The zero-order valence-corrected chi connectivity index (χ0v) is 18.8. The first-order valence-corrected chi connectivity index (χ1v) is 11.5. The molecule has 2 aliphatic heterocycles. The third-order valence-electron chi connectivity index (χ3n) is 6.40. The highest BCUT2D eigenvalue weighted by molar-refractivity contribution is 6.30. The summed E-state index contributed by atoms with van der Waals surface area (Å²) in [6, 6.07) is 15.1. The Labute approximate surface area is 189 Å². The molecule has 0 aromatic heterocycles. The van der Waals surface area contributed by atoms with Crippen molar-refractivity contribution in [2.24, 2.45) is 5.92 Å². The molecule has 2 saturated heterocycles. The number of likely N-dealkylation sites (tertiary alicyclic amines) is 1. The number of nitrogens with zero attached hydrogens (tertiary/aromatic N) is 2. The first-order valence-electron chi connectivity index (χ1n) is 11.2. The van der Waals surface area contributed by atoms with Crippen LogP contribution < -0.4 is 10.2 Å². The lowest BCUT2D eigenvalue weighted by molar-refractivity contribution is -0.142. The standard InChI is InChI=1S/C25H30ClN3O2/c1-18-10-11-21(26)15-22(18)28-14-12-19(17-28)16-27-25(31)24(20-7-3-2-4-8-20)29-13-6-5-9-23(29)30/h2-4,7-8,10-11,15,19,24H,5-6,9,12-14,16-17H2,1H3,(H,27,31). The van der Waals surface area contributed by atoms with Crippen molar-refractivity contribution >= 4 is 29.1 Å². The van der Waals surface area contributed by atoms with Crippen molar-refractivity contribution in [1.29, 1.82) is 0 Å². The first-order chi connectivity index (χ1) is 15.0. The van der Waals surface area contributed by atoms with Crippen LogP contribution in [0.5, 0.6) is 0 Å². The minimum absolute atomic E-state index is 0.0683. The van der Waals surface area contributed by atoms with Gasteiger partial charge in [0.25, 0.3) is 0 Å². The lowest BCUT2D eigenvalue weighted by atomic mass is 10.00. The van der Waals surface area contributed by atoms with E-state index in [2.05, 4.69) is 17.1 Å². The number of halogens is 1. The van der Waals surface area contributed by atoms with Gasteiger partial charge in [0.1, 0.15) is 6.04 Å². The third kappa shape index (κ3) is 5.04. The fourth-order valence-corrected chi connectivity index (χ4v) is 4.86. The molecule has 5 nitrogen and oxygen atoms in total. The lowest BCUT2D eigenvalue weighted by Crippen LogP contribution is -2.46. The molecule has 0 radical (unpaired) electrons. The smallest absolute Gasteiger partial charge is 0.247 e. The molecule has 4 rings (SSSR count). The number of piperidine rings is 1. The second-order valence-electron chi connectivity index (χ2n) is 8.63. The molecule has 2 aromatic carbocycles. The summed E-state index contributed by atoms with van der Waals surface area (Å²) in [7, 11) is 0. The second kappa shape index (κ2) is 9.73. The minimum Gasteiger partial charge on any atom is -0.371 e. The molecule has 0 spiro atoms. The topological polar surface area (TPSA) is 52.7 Å². The number of nitrogens with one attached hydrogen (secondary N) is 1. The Morgan fingerprint density at radius 1 is 1.16 bits per heavy atom. The normalized spacial score (nSPS) is 20.1. The molecule has 2 fully saturated rings. The Morgan fingerprint density at radius 2 is 1.97 bits per heavy atom. The number of hydrogen-bond donors (Lipinski definition) is 1. The van der Waals surface area contributed by atoms with Crippen LogP contribution in [0.3, 0.4) is 0 Å². The fraction of sp³-hybridized carbons (Fsp3) is 0.440. The highest BCUT2D eigenvalue weighted by Gasteiger charge is 2.33. The van der Waals surface area contributed by atoms with Gasteiger partial charge in [0.05, 0.1) is 0 Å². The summed E-state index contributed by atoms with van der Waals surface area (Å²) in [6.45, 7) is 5.19. The van der Waals surface area contributed by atoms with Crippen LogP contribution in [0, 0.1) is 12.8 Å². The fourth-order valence-electron chi connectivity index (χ4n) is 4.69. The first kappa shape index (κ1) is 21.7. The highest BCUT2D eigenvalue weighted by Crippen LogP contribution is 2.30. The highest BCUT2D eigenvalue weighted by atomic mass is 35.5. The number of carbonyl (C=O) groups excluding carboxylic acids is 2. The molecule has 2 heterocycles. The Bertz CT molecular complexity index is 934. The van der Waals surface area contributed by atoms with Crippen LogP contribution in [-0.4, -0.2) is 42.9 Å². The Morgan fingerprint density at radius 3 is 2.74 bits per heavy atom. The molecular weight excluding hydrogens is 410 g/mol. The quantitative estimate of drug-likeness (QED) is 0.728. The predicted octanol–water partition coefficient (Wildman–Crippen LogP) is 4.34. The molecule has 0 saturated carbocycles. The molecule has 2 aromatic rings. The summed E-state index contributed by atoms with van der Waals surface area (Å²) in [5.74, 6) is 0.355. The van der Waals surface area contributed by atoms with E-state index >= 15 is 0 Å². The van der Waals surface area contributed by atoms with E-state index in [0.717, 1.165) is 42.9 Å². The van der Waals surface area contributed by atoms with Crippen molar-refractivity contribution in [3.8, 4) is 0 Å². The molecule has 164 valence electrons. The van der Waals surface area contributed by atoms with Crippen molar-refractivity contribution < 1.29 is 9.59 Å². The second-order valence-corrected chi connectivity index (χ2v) is 9.07. The number of rotatable bonds is 6.